The van der Waals surface area contributed by atoms with Gasteiger partial charge in [0.2, 0.25) is 0 Å². The van der Waals surface area contributed by atoms with E-state index in [1.165, 1.54) is 38.3 Å². The molecule has 3 N–H and O–H groups in total. The molecule has 26 heavy (non-hydrogen) atoms. The lowest BCUT2D eigenvalue weighted by Gasteiger charge is -2.12. The average molecular weight is 378 g/mol. The van der Waals surface area contributed by atoms with E-state index < -0.39 is 28.0 Å². The second-order valence-electron chi connectivity index (χ2n) is 5.28. The van der Waals surface area contributed by atoms with E-state index in [2.05, 4.69) is 4.72 Å². The molecule has 0 aromatic heterocycles. The van der Waals surface area contributed by atoms with Gasteiger partial charge in [-0.3, -0.25) is 9.52 Å². The Labute approximate surface area is 151 Å². The quantitative estimate of drug-likeness (QED) is 0.704. The van der Waals surface area contributed by atoms with Gasteiger partial charge in [0, 0.05) is 0 Å². The first-order chi connectivity index (χ1) is 12.2. The van der Waals surface area contributed by atoms with Crippen molar-refractivity contribution in [1.82, 2.24) is 0 Å². The van der Waals surface area contributed by atoms with Crippen molar-refractivity contribution in [3.05, 3.63) is 54.1 Å². The number of rotatable bonds is 7. The number of hydrogen-bond donors (Lipinski definition) is 2. The fourth-order valence-electron chi connectivity index (χ4n) is 1.99. The Hall–Kier alpha value is -3.07. The first kappa shape index (κ1) is 19.3. The molecule has 2 rings (SSSR count). The van der Waals surface area contributed by atoms with Gasteiger partial charge in [0.25, 0.3) is 15.9 Å². The third kappa shape index (κ3) is 4.51. The van der Waals surface area contributed by atoms with Crippen LogP contribution >= 0.6 is 0 Å². The van der Waals surface area contributed by atoms with Crippen molar-refractivity contribution in [2.24, 2.45) is 5.73 Å². The molecule has 0 bridgehead atoms. The van der Waals surface area contributed by atoms with Crippen LogP contribution in [0.2, 0.25) is 0 Å². The zero-order valence-corrected chi connectivity index (χ0v) is 14.9. The number of benzene rings is 2. The summed E-state index contributed by atoms with van der Waals surface area (Å²) in [6.07, 6.45) is -1.09. The predicted molar refractivity (Wildman–Crippen MR) is 94.3 cm³/mol. The summed E-state index contributed by atoms with van der Waals surface area (Å²) in [5, 5.41) is 0. The summed E-state index contributed by atoms with van der Waals surface area (Å²) in [5.41, 5.74) is 5.40. The Morgan fingerprint density at radius 3 is 2.27 bits per heavy atom. The van der Waals surface area contributed by atoms with Gasteiger partial charge in [0.1, 0.15) is 5.75 Å². The number of carbonyl (C=O) groups is 2. The number of esters is 1. The molecule has 0 radical (unpaired) electrons. The maximum absolute atomic E-state index is 12.5. The van der Waals surface area contributed by atoms with Crippen molar-refractivity contribution in [2.45, 2.75) is 17.9 Å². The van der Waals surface area contributed by atoms with Crippen molar-refractivity contribution < 1.29 is 27.5 Å². The molecule has 1 amide bonds. The van der Waals surface area contributed by atoms with Crippen molar-refractivity contribution >= 4 is 27.6 Å². The number of ether oxygens (including phenoxy) is 2. The smallest absolute Gasteiger partial charge is 0.338 e. The molecule has 0 aliphatic heterocycles. The second-order valence-corrected chi connectivity index (χ2v) is 6.96. The van der Waals surface area contributed by atoms with Gasteiger partial charge >= 0.3 is 5.97 Å². The van der Waals surface area contributed by atoms with Gasteiger partial charge in [-0.1, -0.05) is 12.1 Å². The summed E-state index contributed by atoms with van der Waals surface area (Å²) < 4.78 is 37.3. The minimum absolute atomic E-state index is 0.0529. The largest absolute Gasteiger partial charge is 0.495 e. The molecule has 138 valence electrons. The summed E-state index contributed by atoms with van der Waals surface area (Å²) in [4.78, 5) is 22.8. The summed E-state index contributed by atoms with van der Waals surface area (Å²) in [7, 11) is -2.45. The predicted octanol–water partition coefficient (Wildman–Crippen LogP) is 1.53. The van der Waals surface area contributed by atoms with E-state index in [0.29, 0.717) is 5.75 Å². The normalized spacial score (nSPS) is 12.1. The maximum atomic E-state index is 12.5. The zero-order chi connectivity index (χ0) is 19.3. The zero-order valence-electron chi connectivity index (χ0n) is 14.1. The number of sulfonamides is 1. The van der Waals surface area contributed by atoms with Crippen LogP contribution in [0, 0.1) is 0 Å². The molecule has 0 aliphatic carbocycles. The lowest BCUT2D eigenvalue weighted by molar-refractivity contribution is -0.125. The van der Waals surface area contributed by atoms with E-state index in [1.54, 1.807) is 24.3 Å². The Morgan fingerprint density at radius 1 is 1.08 bits per heavy atom. The van der Waals surface area contributed by atoms with Crippen molar-refractivity contribution in [1.29, 1.82) is 0 Å². The van der Waals surface area contributed by atoms with E-state index in [-0.39, 0.29) is 16.1 Å². The monoisotopic (exact) mass is 378 g/mol. The molecule has 8 nitrogen and oxygen atoms in total. The third-order valence-electron chi connectivity index (χ3n) is 3.44. The number of methoxy groups -OCH3 is 1. The van der Waals surface area contributed by atoms with Crippen LogP contribution in [0.5, 0.6) is 5.75 Å². The van der Waals surface area contributed by atoms with Crippen molar-refractivity contribution in [2.75, 3.05) is 11.8 Å². The van der Waals surface area contributed by atoms with Gasteiger partial charge in [-0.25, -0.2) is 13.2 Å². The summed E-state index contributed by atoms with van der Waals surface area (Å²) in [5.74, 6) is -1.19. The Morgan fingerprint density at radius 2 is 1.69 bits per heavy atom. The van der Waals surface area contributed by atoms with Gasteiger partial charge in [-0.2, -0.15) is 0 Å². The van der Waals surface area contributed by atoms with Crippen molar-refractivity contribution in [3.8, 4) is 5.75 Å². The minimum Gasteiger partial charge on any atom is -0.495 e. The fraction of sp³-hybridized carbons (Fsp3) is 0.176. The minimum atomic E-state index is -3.88. The van der Waals surface area contributed by atoms with E-state index in [1.807, 2.05) is 0 Å². The summed E-state index contributed by atoms with van der Waals surface area (Å²) >= 11 is 0. The molecular formula is C17H18N2O6S. The lowest BCUT2D eigenvalue weighted by Crippen LogP contribution is -2.30. The highest BCUT2D eigenvalue weighted by molar-refractivity contribution is 7.92. The Bertz CT molecular complexity index is 909. The molecule has 1 unspecified atom stereocenters. The van der Waals surface area contributed by atoms with Crippen molar-refractivity contribution in [3.63, 3.8) is 0 Å². The molecule has 1 atom stereocenters. The SMILES string of the molecule is COc1ccccc1NS(=O)(=O)c1ccc(C(=O)OC(C)C(N)=O)cc1. The van der Waals surface area contributed by atoms with Crippen LogP contribution in [0.4, 0.5) is 5.69 Å². The van der Waals surface area contributed by atoms with Crippen LogP contribution in [0.15, 0.2) is 53.4 Å². The van der Waals surface area contributed by atoms with E-state index >= 15 is 0 Å². The molecule has 0 fully saturated rings. The second kappa shape index (κ2) is 7.87. The molecule has 0 heterocycles. The highest BCUT2D eigenvalue weighted by Crippen LogP contribution is 2.26. The number of para-hydroxylation sites is 2. The molecule has 0 saturated heterocycles. The average Bonchev–Trinajstić information content (AvgIpc) is 2.61. The molecule has 2 aromatic rings. The van der Waals surface area contributed by atoms with Crippen LogP contribution in [0.1, 0.15) is 17.3 Å². The number of nitrogens with two attached hydrogens (primary N) is 1. The van der Waals surface area contributed by atoms with Gasteiger partial charge in [0.15, 0.2) is 6.10 Å². The number of amides is 1. The fourth-order valence-corrected chi connectivity index (χ4v) is 3.06. The van der Waals surface area contributed by atoms with E-state index in [0.717, 1.165) is 0 Å². The van der Waals surface area contributed by atoms with E-state index in [9.17, 15) is 18.0 Å². The first-order valence-electron chi connectivity index (χ1n) is 7.51. The Balaban J connectivity index is 2.18. The van der Waals surface area contributed by atoms with Crippen LogP contribution in [0.3, 0.4) is 0 Å². The number of hydrogen-bond acceptors (Lipinski definition) is 6. The molecule has 9 heteroatoms. The highest BCUT2D eigenvalue weighted by atomic mass is 32.2. The van der Waals surface area contributed by atoms with Gasteiger partial charge in [-0.15, -0.1) is 0 Å². The summed E-state index contributed by atoms with van der Waals surface area (Å²) in [6, 6.07) is 11.6. The molecule has 2 aromatic carbocycles. The number of anilines is 1. The van der Waals surface area contributed by atoms with Crippen LogP contribution in [-0.2, 0) is 19.6 Å². The molecule has 0 spiro atoms. The molecule has 0 aliphatic rings. The standard InChI is InChI=1S/C17H18N2O6S/c1-11(16(18)20)25-17(21)12-7-9-13(10-8-12)26(22,23)19-14-5-3-4-6-15(14)24-2/h3-11,19H,1-2H3,(H2,18,20). The first-order valence-corrected chi connectivity index (χ1v) is 8.99. The number of primary amides is 1. The van der Waals surface area contributed by atoms with Gasteiger partial charge in [-0.05, 0) is 43.3 Å². The molecular weight excluding hydrogens is 360 g/mol. The number of nitrogens with one attached hydrogen (secondary N) is 1. The maximum Gasteiger partial charge on any atom is 0.338 e. The Kier molecular flexibility index (Phi) is 5.83. The van der Waals surface area contributed by atoms with Gasteiger partial charge in [0.05, 0.1) is 23.3 Å². The lowest BCUT2D eigenvalue weighted by atomic mass is 10.2. The molecule has 0 saturated carbocycles. The topological polar surface area (TPSA) is 125 Å². The van der Waals surface area contributed by atoms with E-state index in [4.69, 9.17) is 15.2 Å². The van der Waals surface area contributed by atoms with Crippen LogP contribution < -0.4 is 15.2 Å². The summed E-state index contributed by atoms with van der Waals surface area (Å²) in [6.45, 7) is 1.34. The van der Waals surface area contributed by atoms with Gasteiger partial charge < -0.3 is 15.2 Å². The van der Waals surface area contributed by atoms with Crippen LogP contribution in [0.25, 0.3) is 0 Å². The van der Waals surface area contributed by atoms with Crippen LogP contribution in [-0.4, -0.2) is 33.5 Å². The highest BCUT2D eigenvalue weighted by Gasteiger charge is 2.19. The third-order valence-corrected chi connectivity index (χ3v) is 4.82. The number of carbonyl (C=O) groups excluding carboxylic acids is 2.